The molecule has 1 spiro atoms. The molecular formula is C16H26N2O3. The van der Waals surface area contributed by atoms with Gasteiger partial charge in [-0.3, -0.25) is 0 Å². The second kappa shape index (κ2) is 8.26. The summed E-state index contributed by atoms with van der Waals surface area (Å²) in [6, 6.07) is -0.149. The molecule has 1 aliphatic heterocycles. The summed E-state index contributed by atoms with van der Waals surface area (Å²) in [7, 11) is 0. The number of hydrogen-bond acceptors (Lipinski definition) is 3. The molecule has 2 amide bonds. The maximum absolute atomic E-state index is 11.6. The zero-order chi connectivity index (χ0) is 15.0. The molecule has 0 bridgehead atoms. The van der Waals surface area contributed by atoms with Crippen molar-refractivity contribution < 1.29 is 14.3 Å². The van der Waals surface area contributed by atoms with E-state index in [9.17, 15) is 4.79 Å². The molecule has 5 heteroatoms. The Morgan fingerprint density at radius 1 is 1.24 bits per heavy atom. The van der Waals surface area contributed by atoms with Gasteiger partial charge in [-0.25, -0.2) is 4.79 Å². The summed E-state index contributed by atoms with van der Waals surface area (Å²) in [5, 5.41) is 5.66. The minimum absolute atomic E-state index is 0.0321. The molecule has 1 saturated heterocycles. The number of carbonyl (C=O) groups is 1. The van der Waals surface area contributed by atoms with Gasteiger partial charge in [0.1, 0.15) is 6.10 Å². The topological polar surface area (TPSA) is 59.6 Å². The van der Waals surface area contributed by atoms with E-state index in [1.54, 1.807) is 0 Å². The Kier molecular flexibility index (Phi) is 6.34. The fourth-order valence-corrected chi connectivity index (χ4v) is 2.89. The van der Waals surface area contributed by atoms with Crippen molar-refractivity contribution in [1.82, 2.24) is 10.6 Å². The third-order valence-electron chi connectivity index (χ3n) is 4.05. The molecule has 5 nitrogen and oxygen atoms in total. The number of nitrogens with one attached hydrogen (secondary N) is 2. The van der Waals surface area contributed by atoms with Crippen molar-refractivity contribution >= 4 is 6.03 Å². The molecule has 2 aliphatic rings. The minimum Gasteiger partial charge on any atom is -0.347 e. The number of carbonyl (C=O) groups excluding carboxylic acids is 1. The second-order valence-electron chi connectivity index (χ2n) is 5.82. The number of hydrogen-bond donors (Lipinski definition) is 2. The maximum atomic E-state index is 11.6. The van der Waals surface area contributed by atoms with Crippen LogP contribution in [0.25, 0.3) is 0 Å². The molecule has 0 aromatic heterocycles. The van der Waals surface area contributed by atoms with Crippen LogP contribution in [0.4, 0.5) is 4.79 Å². The third kappa shape index (κ3) is 5.22. The van der Waals surface area contributed by atoms with E-state index in [2.05, 4.69) is 16.6 Å². The van der Waals surface area contributed by atoms with Crippen LogP contribution in [-0.4, -0.2) is 37.6 Å². The van der Waals surface area contributed by atoms with E-state index < -0.39 is 0 Å². The van der Waals surface area contributed by atoms with E-state index in [1.807, 2.05) is 0 Å². The molecule has 2 N–H and O–H groups in total. The summed E-state index contributed by atoms with van der Waals surface area (Å²) in [5.74, 6) is 2.22. The molecule has 0 radical (unpaired) electrons. The fourth-order valence-electron chi connectivity index (χ4n) is 2.89. The average Bonchev–Trinajstić information content (AvgIpc) is 2.88. The molecule has 2 fully saturated rings. The van der Waals surface area contributed by atoms with Crippen LogP contribution in [0.15, 0.2) is 0 Å². The van der Waals surface area contributed by atoms with E-state index in [1.165, 1.54) is 6.42 Å². The van der Waals surface area contributed by atoms with E-state index >= 15 is 0 Å². The van der Waals surface area contributed by atoms with E-state index in [-0.39, 0.29) is 17.9 Å². The Bertz CT molecular complexity index is 372. The first-order valence-electron chi connectivity index (χ1n) is 8.01. The van der Waals surface area contributed by atoms with Gasteiger partial charge in [0.15, 0.2) is 5.79 Å². The Morgan fingerprint density at radius 2 is 2.05 bits per heavy atom. The molecule has 2 rings (SSSR count). The smallest absolute Gasteiger partial charge is 0.314 e. The van der Waals surface area contributed by atoms with Crippen LogP contribution in [0.3, 0.4) is 0 Å². The van der Waals surface area contributed by atoms with Crippen LogP contribution >= 0.6 is 0 Å². The van der Waals surface area contributed by atoms with E-state index in [0.717, 1.165) is 44.9 Å². The number of ether oxygens (including phenoxy) is 2. The highest BCUT2D eigenvalue weighted by Gasteiger charge is 2.42. The normalized spacial score (nSPS) is 23.7. The second-order valence-corrected chi connectivity index (χ2v) is 5.82. The van der Waals surface area contributed by atoms with Crippen LogP contribution in [0, 0.1) is 12.3 Å². The molecule has 21 heavy (non-hydrogen) atoms. The number of rotatable bonds is 6. The number of amides is 2. The van der Waals surface area contributed by atoms with Gasteiger partial charge in [0, 0.05) is 32.4 Å². The van der Waals surface area contributed by atoms with E-state index in [4.69, 9.17) is 15.9 Å². The lowest BCUT2D eigenvalue weighted by Gasteiger charge is -2.31. The molecular weight excluding hydrogens is 268 g/mol. The lowest BCUT2D eigenvalue weighted by molar-refractivity contribution is -0.186. The molecule has 1 heterocycles. The summed E-state index contributed by atoms with van der Waals surface area (Å²) in [5.41, 5.74) is 0. The molecule has 1 aliphatic carbocycles. The van der Waals surface area contributed by atoms with Crippen molar-refractivity contribution in [3.8, 4) is 12.3 Å². The van der Waals surface area contributed by atoms with Crippen LogP contribution in [0.1, 0.15) is 51.4 Å². The number of urea groups is 1. The van der Waals surface area contributed by atoms with Gasteiger partial charge in [-0.1, -0.05) is 6.42 Å². The first-order valence-corrected chi connectivity index (χ1v) is 8.01. The summed E-state index contributed by atoms with van der Waals surface area (Å²) < 4.78 is 11.9. The maximum Gasteiger partial charge on any atom is 0.314 e. The lowest BCUT2D eigenvalue weighted by atomic mass is 9.94. The summed E-state index contributed by atoms with van der Waals surface area (Å²) in [4.78, 5) is 11.6. The summed E-state index contributed by atoms with van der Waals surface area (Å²) in [6.45, 7) is 1.72. The summed E-state index contributed by atoms with van der Waals surface area (Å²) >= 11 is 0. The predicted octanol–water partition coefficient (Wildman–Crippen LogP) is 2.16. The van der Waals surface area contributed by atoms with Gasteiger partial charge in [0.25, 0.3) is 0 Å². The van der Waals surface area contributed by atoms with Crippen molar-refractivity contribution in [2.75, 3.05) is 19.7 Å². The number of terminal acetylenes is 1. The zero-order valence-corrected chi connectivity index (χ0v) is 12.7. The SMILES string of the molecule is C#CCCCCNC(=O)NCC1COC2(CCCCC2)O1. The van der Waals surface area contributed by atoms with Gasteiger partial charge < -0.3 is 20.1 Å². The lowest BCUT2D eigenvalue weighted by Crippen LogP contribution is -2.41. The van der Waals surface area contributed by atoms with Crippen LogP contribution in [0.5, 0.6) is 0 Å². The molecule has 118 valence electrons. The van der Waals surface area contributed by atoms with Gasteiger partial charge in [-0.2, -0.15) is 0 Å². The highest BCUT2D eigenvalue weighted by Crippen LogP contribution is 2.37. The molecule has 1 saturated carbocycles. The highest BCUT2D eigenvalue weighted by atomic mass is 16.7. The largest absolute Gasteiger partial charge is 0.347 e. The van der Waals surface area contributed by atoms with Crippen LogP contribution in [0.2, 0.25) is 0 Å². The standard InChI is InChI=1S/C16H26N2O3/c1-2-3-4-8-11-17-15(19)18-12-14-13-20-16(21-14)9-6-5-7-10-16/h1,14H,3-13H2,(H2,17,18,19). The molecule has 0 aromatic rings. The predicted molar refractivity (Wildman–Crippen MR) is 80.7 cm³/mol. The Labute approximate surface area is 127 Å². The average molecular weight is 294 g/mol. The van der Waals surface area contributed by atoms with Gasteiger partial charge in [0.05, 0.1) is 6.61 Å². The quantitative estimate of drug-likeness (QED) is 0.583. The number of unbranched alkanes of at least 4 members (excludes halogenated alkanes) is 2. The van der Waals surface area contributed by atoms with Crippen LogP contribution < -0.4 is 10.6 Å². The van der Waals surface area contributed by atoms with Gasteiger partial charge in [0.2, 0.25) is 0 Å². The van der Waals surface area contributed by atoms with Crippen molar-refractivity contribution in [3.05, 3.63) is 0 Å². The van der Waals surface area contributed by atoms with Crippen molar-refractivity contribution in [2.24, 2.45) is 0 Å². The van der Waals surface area contributed by atoms with Crippen molar-refractivity contribution in [1.29, 1.82) is 0 Å². The molecule has 0 aromatic carbocycles. The van der Waals surface area contributed by atoms with E-state index in [0.29, 0.717) is 19.7 Å². The van der Waals surface area contributed by atoms with Crippen LogP contribution in [-0.2, 0) is 9.47 Å². The van der Waals surface area contributed by atoms with Crippen molar-refractivity contribution in [3.63, 3.8) is 0 Å². The minimum atomic E-state index is -0.365. The Morgan fingerprint density at radius 3 is 2.81 bits per heavy atom. The first-order chi connectivity index (χ1) is 10.2. The Hall–Kier alpha value is -1.25. The fraction of sp³-hybridized carbons (Fsp3) is 0.812. The summed E-state index contributed by atoms with van der Waals surface area (Å²) in [6.07, 6.45) is 13.3. The zero-order valence-electron chi connectivity index (χ0n) is 12.7. The van der Waals surface area contributed by atoms with Gasteiger partial charge in [-0.05, 0) is 25.7 Å². The van der Waals surface area contributed by atoms with Gasteiger partial charge >= 0.3 is 6.03 Å². The monoisotopic (exact) mass is 294 g/mol. The van der Waals surface area contributed by atoms with Gasteiger partial charge in [-0.15, -0.1) is 12.3 Å². The molecule has 1 atom stereocenters. The first kappa shape index (κ1) is 16.1. The van der Waals surface area contributed by atoms with Crippen molar-refractivity contribution in [2.45, 2.75) is 63.3 Å². The Balaban J connectivity index is 1.56. The third-order valence-corrected chi connectivity index (χ3v) is 4.05. The highest BCUT2D eigenvalue weighted by molar-refractivity contribution is 5.73. The molecule has 1 unspecified atom stereocenters.